The van der Waals surface area contributed by atoms with Gasteiger partial charge >= 0.3 is 0 Å². The number of hydrogen-bond acceptors (Lipinski definition) is 2. The molecule has 7 heteroatoms. The molecule has 1 atom stereocenters. The number of hydrogen-bond donors (Lipinski definition) is 1. The lowest BCUT2D eigenvalue weighted by Gasteiger charge is -2.20. The van der Waals surface area contributed by atoms with Crippen molar-refractivity contribution in [2.24, 2.45) is 0 Å². The number of benzene rings is 2. The third-order valence-electron chi connectivity index (χ3n) is 4.38. The van der Waals surface area contributed by atoms with Gasteiger partial charge in [-0.05, 0) is 37.2 Å². The molecule has 0 aliphatic rings. The van der Waals surface area contributed by atoms with Crippen molar-refractivity contribution < 1.29 is 22.3 Å². The molecule has 0 amide bonds. The van der Waals surface area contributed by atoms with Gasteiger partial charge in [-0.1, -0.05) is 31.9 Å². The highest BCUT2D eigenvalue weighted by Crippen LogP contribution is 2.24. The summed E-state index contributed by atoms with van der Waals surface area (Å²) in [6, 6.07) is 7.25. The van der Waals surface area contributed by atoms with Gasteiger partial charge in [0.1, 0.15) is 23.3 Å². The molecular weight excluding hydrogens is 394 g/mol. The van der Waals surface area contributed by atoms with Crippen molar-refractivity contribution in [3.05, 3.63) is 70.8 Å². The molecule has 0 saturated heterocycles. The lowest BCUT2D eigenvalue weighted by atomic mass is 9.98. The predicted molar refractivity (Wildman–Crippen MR) is 105 cm³/mol. The quantitative estimate of drug-likeness (QED) is 0.370. The Morgan fingerprint density at radius 1 is 0.893 bits per heavy atom. The molecule has 0 aliphatic carbocycles. The Balaban J connectivity index is 0.00000392. The van der Waals surface area contributed by atoms with Crippen LogP contribution in [0.2, 0.25) is 0 Å². The Kier molecular flexibility index (Phi) is 11.1. The lowest BCUT2D eigenvalue weighted by molar-refractivity contribution is 0.100. The van der Waals surface area contributed by atoms with Crippen LogP contribution >= 0.6 is 12.4 Å². The fourth-order valence-corrected chi connectivity index (χ4v) is 2.89. The Bertz CT molecular complexity index is 689. The molecule has 2 nitrogen and oxygen atoms in total. The maximum Gasteiger partial charge on any atom is 0.131 e. The second kappa shape index (κ2) is 12.8. The van der Waals surface area contributed by atoms with E-state index in [-0.39, 0.29) is 36.7 Å². The van der Waals surface area contributed by atoms with Gasteiger partial charge in [0, 0.05) is 23.6 Å². The number of ether oxygens (including phenoxy) is 1. The summed E-state index contributed by atoms with van der Waals surface area (Å²) in [6.45, 7) is 2.75. The van der Waals surface area contributed by atoms with Gasteiger partial charge in [-0.25, -0.2) is 17.6 Å². The van der Waals surface area contributed by atoms with Crippen molar-refractivity contribution in [2.75, 3.05) is 19.7 Å². The van der Waals surface area contributed by atoms with Crippen LogP contribution in [0, 0.1) is 23.3 Å². The largest absolute Gasteiger partial charge is 0.376 e. The van der Waals surface area contributed by atoms with Crippen molar-refractivity contribution in [2.45, 2.75) is 38.7 Å². The van der Waals surface area contributed by atoms with E-state index in [2.05, 4.69) is 12.2 Å². The molecule has 0 aliphatic heterocycles. The molecule has 0 radical (unpaired) electrons. The van der Waals surface area contributed by atoms with Crippen LogP contribution in [0.1, 0.15) is 43.2 Å². The smallest absolute Gasteiger partial charge is 0.131 e. The summed E-state index contributed by atoms with van der Waals surface area (Å²) in [5.41, 5.74) is -0.268. The van der Waals surface area contributed by atoms with Gasteiger partial charge in [0.25, 0.3) is 0 Å². The minimum atomic E-state index is -0.707. The second-order valence-electron chi connectivity index (χ2n) is 6.46. The van der Waals surface area contributed by atoms with E-state index in [9.17, 15) is 17.6 Å². The maximum atomic E-state index is 14.2. The lowest BCUT2D eigenvalue weighted by Crippen LogP contribution is -2.27. The van der Waals surface area contributed by atoms with E-state index >= 15 is 0 Å². The van der Waals surface area contributed by atoms with Crippen LogP contribution in [-0.2, 0) is 11.3 Å². The molecule has 0 aromatic heterocycles. The fraction of sp³-hybridized carbons (Fsp3) is 0.429. The van der Waals surface area contributed by atoms with Crippen molar-refractivity contribution in [1.29, 1.82) is 0 Å². The topological polar surface area (TPSA) is 21.3 Å². The van der Waals surface area contributed by atoms with Gasteiger partial charge in [0.15, 0.2) is 0 Å². The zero-order valence-corrected chi connectivity index (χ0v) is 16.6. The van der Waals surface area contributed by atoms with Crippen molar-refractivity contribution >= 4 is 12.4 Å². The molecule has 0 bridgehead atoms. The summed E-state index contributed by atoms with van der Waals surface area (Å²) in [5.74, 6) is -3.34. The van der Waals surface area contributed by atoms with Gasteiger partial charge in [0.2, 0.25) is 0 Å². The molecule has 28 heavy (non-hydrogen) atoms. The summed E-state index contributed by atoms with van der Waals surface area (Å²) in [6.07, 6.45) is 3.10. The first-order chi connectivity index (χ1) is 13.0. The molecule has 1 unspecified atom stereocenters. The Morgan fingerprint density at radius 3 is 2.04 bits per heavy atom. The number of nitrogens with one attached hydrogen (secondary N) is 1. The normalized spacial score (nSPS) is 11.9. The zero-order valence-electron chi connectivity index (χ0n) is 15.8. The number of halogens is 5. The molecule has 0 saturated carbocycles. The molecule has 1 N–H and O–H groups in total. The second-order valence-corrected chi connectivity index (χ2v) is 6.46. The number of unbranched alkanes of at least 4 members (excludes halogenated alkanes) is 2. The SMILES string of the molecule is CCCCCNCC(COCc1c(F)cccc1F)c1c(F)cccc1F.Cl. The maximum absolute atomic E-state index is 14.2. The molecule has 2 rings (SSSR count). The van der Waals surface area contributed by atoms with E-state index in [1.54, 1.807) is 0 Å². The van der Waals surface area contributed by atoms with Crippen molar-refractivity contribution in [3.63, 3.8) is 0 Å². The predicted octanol–water partition coefficient (Wildman–Crippen LogP) is 5.75. The van der Waals surface area contributed by atoms with Crippen LogP contribution in [0.25, 0.3) is 0 Å². The number of rotatable bonds is 11. The van der Waals surface area contributed by atoms with Crippen LogP contribution in [0.5, 0.6) is 0 Å². The van der Waals surface area contributed by atoms with Crippen LogP contribution in [0.4, 0.5) is 17.6 Å². The van der Waals surface area contributed by atoms with Gasteiger partial charge < -0.3 is 10.1 Å². The average Bonchev–Trinajstić information content (AvgIpc) is 2.63. The third kappa shape index (κ3) is 7.08. The first kappa shape index (κ1) is 24.4. The Labute approximate surface area is 169 Å². The van der Waals surface area contributed by atoms with E-state index in [0.29, 0.717) is 6.54 Å². The van der Waals surface area contributed by atoms with Gasteiger partial charge in [-0.15, -0.1) is 12.4 Å². The van der Waals surface area contributed by atoms with Gasteiger partial charge in [0.05, 0.1) is 13.2 Å². The molecule has 0 fully saturated rings. The molecule has 0 heterocycles. The Hall–Kier alpha value is -1.63. The van der Waals surface area contributed by atoms with Crippen molar-refractivity contribution in [1.82, 2.24) is 5.32 Å². The summed E-state index contributed by atoms with van der Waals surface area (Å²) in [4.78, 5) is 0. The summed E-state index contributed by atoms with van der Waals surface area (Å²) in [5, 5.41) is 3.18. The zero-order chi connectivity index (χ0) is 19.6. The standard InChI is InChI=1S/C21H25F4NO.ClH/c1-2-3-4-11-26-12-15(21-19(24)9-6-10-20(21)25)13-27-14-16-17(22)7-5-8-18(16)23;/h5-10,15,26H,2-4,11-14H2,1H3;1H. The first-order valence-electron chi connectivity index (χ1n) is 9.19. The molecule has 0 spiro atoms. The summed E-state index contributed by atoms with van der Waals surface area (Å²) in [7, 11) is 0. The van der Waals surface area contributed by atoms with Gasteiger partial charge in [-0.2, -0.15) is 0 Å². The van der Waals surface area contributed by atoms with E-state index in [0.717, 1.165) is 37.9 Å². The van der Waals surface area contributed by atoms with E-state index in [1.165, 1.54) is 24.3 Å². The van der Waals surface area contributed by atoms with Crippen LogP contribution < -0.4 is 5.32 Å². The molecular formula is C21H26ClF4NO. The highest BCUT2D eigenvalue weighted by Gasteiger charge is 2.21. The van der Waals surface area contributed by atoms with E-state index in [4.69, 9.17) is 4.74 Å². The third-order valence-corrected chi connectivity index (χ3v) is 4.38. The highest BCUT2D eigenvalue weighted by atomic mass is 35.5. The van der Waals surface area contributed by atoms with E-state index in [1.807, 2.05) is 0 Å². The van der Waals surface area contributed by atoms with Crippen LogP contribution in [0.15, 0.2) is 36.4 Å². The first-order valence-corrected chi connectivity index (χ1v) is 9.19. The van der Waals surface area contributed by atoms with Crippen LogP contribution in [0.3, 0.4) is 0 Å². The minimum Gasteiger partial charge on any atom is -0.376 e. The van der Waals surface area contributed by atoms with Crippen LogP contribution in [-0.4, -0.2) is 19.7 Å². The summed E-state index contributed by atoms with van der Waals surface area (Å²) >= 11 is 0. The average molecular weight is 420 g/mol. The molecule has 2 aromatic carbocycles. The monoisotopic (exact) mass is 419 g/mol. The highest BCUT2D eigenvalue weighted by molar-refractivity contribution is 5.85. The van der Waals surface area contributed by atoms with Crippen molar-refractivity contribution in [3.8, 4) is 0 Å². The van der Waals surface area contributed by atoms with Gasteiger partial charge in [-0.3, -0.25) is 0 Å². The van der Waals surface area contributed by atoms with E-state index < -0.39 is 29.2 Å². The summed E-state index contributed by atoms with van der Waals surface area (Å²) < 4.78 is 61.2. The molecule has 156 valence electrons. The fourth-order valence-electron chi connectivity index (χ4n) is 2.89. The minimum absolute atomic E-state index is 0. The molecule has 2 aromatic rings. The Morgan fingerprint density at radius 2 is 1.46 bits per heavy atom.